The van der Waals surface area contributed by atoms with Crippen molar-refractivity contribution in [1.82, 2.24) is 35.1 Å². The fraction of sp³-hybridized carbons (Fsp3) is 0.604. The quantitative estimate of drug-likeness (QED) is 0.125. The van der Waals surface area contributed by atoms with Gasteiger partial charge in [0.15, 0.2) is 11.6 Å². The normalized spacial score (nSPS) is 21.5. The molecule has 0 aliphatic carbocycles. The summed E-state index contributed by atoms with van der Waals surface area (Å²) in [6.45, 7) is 36.0. The number of carbonyl (C=O) groups excluding carboxylic acids is 1. The smallest absolute Gasteiger partial charge is 0.220 e. The monoisotopic (exact) mass is 942 g/mol. The second-order valence-corrected chi connectivity index (χ2v) is 23.5. The summed E-state index contributed by atoms with van der Waals surface area (Å²) < 4.78 is 0. The molecule has 69 heavy (non-hydrogen) atoms. The lowest BCUT2D eigenvalue weighted by molar-refractivity contribution is -0.121. The number of hydrogen-bond acceptors (Lipinski definition) is 13. The van der Waals surface area contributed by atoms with Crippen molar-refractivity contribution in [2.75, 3.05) is 42.6 Å². The summed E-state index contributed by atoms with van der Waals surface area (Å²) in [5.41, 5.74) is 10.7. The number of nitrogens with zero attached hydrogens (tertiary/aromatic N) is 12. The highest BCUT2D eigenvalue weighted by molar-refractivity contribution is 6.51. The molecule has 0 fully saturated rings. The van der Waals surface area contributed by atoms with Crippen LogP contribution < -0.4 is 15.1 Å². The lowest BCUT2D eigenvalue weighted by Gasteiger charge is -2.47. The molecule has 4 aliphatic rings. The first-order valence-corrected chi connectivity index (χ1v) is 24.9. The zero-order valence-electron chi connectivity index (χ0n) is 43.9. The van der Waals surface area contributed by atoms with Crippen LogP contribution in [0.5, 0.6) is 0 Å². The second-order valence-electron chi connectivity index (χ2n) is 23.5. The first kappa shape index (κ1) is 49.8. The third-order valence-corrected chi connectivity index (χ3v) is 14.4. The molecule has 1 amide bonds. The van der Waals surface area contributed by atoms with E-state index in [1.165, 1.54) is 11.1 Å². The Balaban J connectivity index is 0.984. The molecule has 4 atom stereocenters. The van der Waals surface area contributed by atoms with Crippen LogP contribution in [-0.2, 0) is 4.79 Å². The summed E-state index contributed by atoms with van der Waals surface area (Å²) in [4.78, 5) is 41.9. The second kappa shape index (κ2) is 18.0. The molecule has 16 nitrogen and oxygen atoms in total. The lowest BCUT2D eigenvalue weighted by Crippen LogP contribution is -2.49. The zero-order valence-corrected chi connectivity index (χ0v) is 43.9. The number of anilines is 2. The van der Waals surface area contributed by atoms with E-state index in [4.69, 9.17) is 40.4 Å². The van der Waals surface area contributed by atoms with Crippen molar-refractivity contribution >= 4 is 51.5 Å². The number of amides is 1. The molecule has 0 bridgehead atoms. The summed E-state index contributed by atoms with van der Waals surface area (Å²) in [6.07, 6.45) is 2.11. The van der Waals surface area contributed by atoms with Gasteiger partial charge in [-0.15, -0.1) is 19.8 Å². The zero-order chi connectivity index (χ0) is 50.3. The van der Waals surface area contributed by atoms with Crippen LogP contribution in [-0.4, -0.2) is 113 Å². The number of aliphatic hydroxyl groups excluding tert-OH is 2. The van der Waals surface area contributed by atoms with Gasteiger partial charge in [0.2, 0.25) is 17.6 Å². The highest BCUT2D eigenvalue weighted by Crippen LogP contribution is 2.47. The molecule has 0 radical (unpaired) electrons. The fourth-order valence-corrected chi connectivity index (χ4v) is 10.8. The van der Waals surface area contributed by atoms with Crippen LogP contribution in [0.15, 0.2) is 44.5 Å². The number of aliphatic imine (C=N–C) groups is 2. The molecule has 6 heterocycles. The maximum atomic E-state index is 13.6. The molecule has 3 N–H and O–H groups in total. The van der Waals surface area contributed by atoms with E-state index in [-0.39, 0.29) is 59.3 Å². The lowest BCUT2D eigenvalue weighted by atomic mass is 9.79. The Labute approximate surface area is 408 Å². The van der Waals surface area contributed by atoms with Gasteiger partial charge in [0, 0.05) is 71.2 Å². The average Bonchev–Trinajstić information content (AvgIpc) is 4.02. The van der Waals surface area contributed by atoms with Gasteiger partial charge in [-0.3, -0.25) is 4.79 Å². The van der Waals surface area contributed by atoms with E-state index >= 15 is 0 Å². The predicted octanol–water partition coefficient (Wildman–Crippen LogP) is 8.84. The van der Waals surface area contributed by atoms with Crippen molar-refractivity contribution in [3.63, 3.8) is 0 Å². The molecule has 2 aromatic carbocycles. The van der Waals surface area contributed by atoms with Gasteiger partial charge < -0.3 is 25.3 Å². The van der Waals surface area contributed by atoms with Crippen LogP contribution in [0.25, 0.3) is 0 Å². The van der Waals surface area contributed by atoms with Crippen molar-refractivity contribution in [3.8, 4) is 0 Å². The molecular weight excluding hydrogens is 867 g/mol. The average molecular weight is 942 g/mol. The summed E-state index contributed by atoms with van der Waals surface area (Å²) >= 11 is 0. The summed E-state index contributed by atoms with van der Waals surface area (Å²) in [7, 11) is 0. The number of carbonyl (C=O) groups is 1. The molecule has 0 saturated carbocycles. The number of aromatic nitrogens is 6. The van der Waals surface area contributed by atoms with E-state index in [1.807, 2.05) is 13.8 Å². The maximum Gasteiger partial charge on any atom is 0.220 e. The van der Waals surface area contributed by atoms with Gasteiger partial charge in [-0.25, -0.2) is 20.0 Å². The number of nitrogens with one attached hydrogen (secondary N) is 1. The van der Waals surface area contributed by atoms with Crippen LogP contribution in [0, 0.1) is 24.7 Å². The van der Waals surface area contributed by atoms with Gasteiger partial charge in [0.1, 0.15) is 11.4 Å². The summed E-state index contributed by atoms with van der Waals surface area (Å²) in [6, 6.07) is 8.80. The highest BCUT2D eigenvalue weighted by atomic mass is 16.3. The molecule has 4 unspecified atom stereocenters. The Morgan fingerprint density at radius 2 is 1.12 bits per heavy atom. The molecule has 0 saturated heterocycles. The molecule has 2 aromatic heterocycles. The van der Waals surface area contributed by atoms with Gasteiger partial charge in [-0.2, -0.15) is 10.2 Å². The third kappa shape index (κ3) is 9.42. The van der Waals surface area contributed by atoms with Gasteiger partial charge in [-0.1, -0.05) is 69.2 Å². The van der Waals surface area contributed by atoms with E-state index < -0.39 is 0 Å². The Kier molecular flexibility index (Phi) is 13.0. The van der Waals surface area contributed by atoms with Crippen molar-refractivity contribution in [2.45, 2.75) is 165 Å². The van der Waals surface area contributed by atoms with Gasteiger partial charge >= 0.3 is 0 Å². The Morgan fingerprint density at radius 1 is 0.710 bits per heavy atom. The van der Waals surface area contributed by atoms with Crippen molar-refractivity contribution in [1.29, 1.82) is 0 Å². The van der Waals surface area contributed by atoms with Gasteiger partial charge in [0.05, 0.1) is 36.0 Å². The SMILES string of the molecule is Cc1cc2c(cc1N=C1C(C(C)(C)C)=Nn3nc(C(C)CNC(=O)CC(C)c4nc5n(n4)N=C(C(C)(C)C)C5=Nc4cc5c(cc4C)N(CCO)C(C)(C)CC5C)nc31)C(C)CC(C)(C)N2CCO. The van der Waals surface area contributed by atoms with Crippen LogP contribution >= 0.6 is 0 Å². The van der Waals surface area contributed by atoms with Crippen LogP contribution in [0.1, 0.15) is 185 Å². The molecule has 370 valence electrons. The van der Waals surface area contributed by atoms with Gasteiger partial charge in [0.25, 0.3) is 0 Å². The molecule has 16 heteroatoms. The largest absolute Gasteiger partial charge is 0.395 e. The van der Waals surface area contributed by atoms with Gasteiger partial charge in [-0.05, 0) is 113 Å². The number of rotatable bonds is 12. The number of aryl methyl sites for hydroxylation is 2. The minimum atomic E-state index is -0.331. The van der Waals surface area contributed by atoms with Crippen LogP contribution in [0.2, 0.25) is 0 Å². The molecule has 4 aliphatic heterocycles. The van der Waals surface area contributed by atoms with Crippen LogP contribution in [0.3, 0.4) is 0 Å². The third-order valence-electron chi connectivity index (χ3n) is 14.4. The minimum absolute atomic E-state index is 0.0790. The summed E-state index contributed by atoms with van der Waals surface area (Å²) in [5, 5.41) is 42.5. The maximum absolute atomic E-state index is 13.6. The predicted molar refractivity (Wildman–Crippen MR) is 277 cm³/mol. The van der Waals surface area contributed by atoms with E-state index in [0.29, 0.717) is 66.2 Å². The topological polar surface area (TPSA) is 187 Å². The van der Waals surface area contributed by atoms with Crippen molar-refractivity contribution < 1.29 is 15.0 Å². The van der Waals surface area contributed by atoms with Crippen molar-refractivity contribution in [2.24, 2.45) is 31.0 Å². The number of benzene rings is 2. The minimum Gasteiger partial charge on any atom is -0.395 e. The molecular formula is C53H75N13O3. The Bertz CT molecular complexity index is 2790. The number of fused-ring (bicyclic) bond motifs is 4. The number of aliphatic hydroxyl groups is 2. The molecule has 0 spiro atoms. The van der Waals surface area contributed by atoms with E-state index in [2.05, 4.69) is 136 Å². The first-order valence-electron chi connectivity index (χ1n) is 24.9. The number of hydrogen-bond donors (Lipinski definition) is 3. The van der Waals surface area contributed by atoms with Crippen molar-refractivity contribution in [3.05, 3.63) is 69.8 Å². The van der Waals surface area contributed by atoms with E-state index in [0.717, 1.165) is 58.1 Å². The Morgan fingerprint density at radius 3 is 1.51 bits per heavy atom. The standard InChI is InChI=1S/C53H75N13O3/c1-29-21-39-35(32(4)26-52(13,14)63(39)17-19-67)24-37(29)55-42-44(50(7,8)9)59-65-48(42)57-46(61-65)31(3)23-41(69)54-28-34(6)47-58-49-43(45(51(10,11)12)60-66(49)62-47)56-38-25-36-33(5)27-53(15,16)64(18-20-68)40(36)22-30(38)2/h21-22,24-25,31-34,67-68H,17-20,23,26-28H2,1-16H3,(H,54,69). The van der Waals surface area contributed by atoms with Crippen LogP contribution in [0.4, 0.5) is 22.7 Å². The molecule has 4 aromatic rings. The fourth-order valence-electron chi connectivity index (χ4n) is 10.8. The first-order chi connectivity index (χ1) is 32.2. The number of β-amino-alcohol motifs (C(OH)–C–C–N with tert-alkyl or cyclic N) is 2. The Hall–Kier alpha value is -5.61. The van der Waals surface area contributed by atoms with E-state index in [9.17, 15) is 15.0 Å². The van der Waals surface area contributed by atoms with E-state index in [1.54, 1.807) is 9.58 Å². The highest BCUT2D eigenvalue weighted by Gasteiger charge is 2.41. The summed E-state index contributed by atoms with van der Waals surface area (Å²) in [5.74, 6) is 2.24. The molecule has 8 rings (SSSR count).